The number of H-pyrrole nitrogens is 1. The maximum Gasteiger partial charge on any atom is 0.260 e. The van der Waals surface area contributed by atoms with Gasteiger partial charge in [-0.2, -0.15) is 0 Å². The number of fused-ring (bicyclic) bond motifs is 1. The fraction of sp³-hybridized carbons (Fsp3) is 0.208. The molecule has 0 radical (unpaired) electrons. The van der Waals surface area contributed by atoms with Crippen LogP contribution in [0.15, 0.2) is 58.5 Å². The predicted octanol–water partition coefficient (Wildman–Crippen LogP) is 5.16. The summed E-state index contributed by atoms with van der Waals surface area (Å²) in [7, 11) is 1.77. The highest BCUT2D eigenvalue weighted by molar-refractivity contribution is 7.99. The second kappa shape index (κ2) is 9.26. The van der Waals surface area contributed by atoms with Crippen molar-refractivity contribution in [3.8, 4) is 11.1 Å². The lowest BCUT2D eigenvalue weighted by Gasteiger charge is -2.18. The number of carbonyl (C=O) groups is 1. The zero-order valence-corrected chi connectivity index (χ0v) is 19.6. The summed E-state index contributed by atoms with van der Waals surface area (Å²) >= 11 is 2.63. The predicted molar refractivity (Wildman–Crippen MR) is 129 cm³/mol. The van der Waals surface area contributed by atoms with Crippen LogP contribution in [0.25, 0.3) is 21.3 Å². The second-order valence-electron chi connectivity index (χ2n) is 7.56. The molecule has 8 heteroatoms. The first-order chi connectivity index (χ1) is 15.3. The third-order valence-corrected chi connectivity index (χ3v) is 7.13. The summed E-state index contributed by atoms with van der Waals surface area (Å²) in [6, 6.07) is 14.0. The van der Waals surface area contributed by atoms with Crippen molar-refractivity contribution in [3.05, 3.63) is 80.7 Å². The molecule has 2 aromatic heterocycles. The third-order valence-electron chi connectivity index (χ3n) is 5.28. The van der Waals surface area contributed by atoms with Crippen molar-refractivity contribution in [3.63, 3.8) is 0 Å². The van der Waals surface area contributed by atoms with Gasteiger partial charge in [0.2, 0.25) is 5.91 Å². The van der Waals surface area contributed by atoms with Gasteiger partial charge in [-0.05, 0) is 42.7 Å². The van der Waals surface area contributed by atoms with E-state index in [-0.39, 0.29) is 23.0 Å². The molecule has 32 heavy (non-hydrogen) atoms. The Bertz CT molecular complexity index is 1350. The van der Waals surface area contributed by atoms with Gasteiger partial charge in [-0.25, -0.2) is 9.37 Å². The molecule has 1 amide bonds. The van der Waals surface area contributed by atoms with Crippen molar-refractivity contribution in [2.75, 3.05) is 12.8 Å². The highest BCUT2D eigenvalue weighted by Gasteiger charge is 2.18. The zero-order valence-electron chi connectivity index (χ0n) is 17.9. The van der Waals surface area contributed by atoms with E-state index < -0.39 is 0 Å². The van der Waals surface area contributed by atoms with Crippen LogP contribution in [0.3, 0.4) is 0 Å². The van der Waals surface area contributed by atoms with Gasteiger partial charge in [0.25, 0.3) is 5.56 Å². The van der Waals surface area contributed by atoms with Gasteiger partial charge in [0, 0.05) is 24.0 Å². The average Bonchev–Trinajstić information content (AvgIpc) is 3.10. The number of thioether (sulfide) groups is 1. The van der Waals surface area contributed by atoms with E-state index in [9.17, 15) is 14.0 Å². The molecule has 0 aliphatic heterocycles. The lowest BCUT2D eigenvalue weighted by Crippen LogP contribution is -2.28. The molecule has 0 fully saturated rings. The smallest absolute Gasteiger partial charge is 0.260 e. The highest BCUT2D eigenvalue weighted by atomic mass is 32.2. The topological polar surface area (TPSA) is 66.1 Å². The molecule has 4 rings (SSSR count). The maximum atomic E-state index is 13.3. The Morgan fingerprint density at radius 3 is 2.59 bits per heavy atom. The first-order valence-electron chi connectivity index (χ1n) is 10.0. The van der Waals surface area contributed by atoms with Crippen LogP contribution in [0.2, 0.25) is 0 Å². The molecule has 0 atom stereocenters. The summed E-state index contributed by atoms with van der Waals surface area (Å²) in [4.78, 5) is 36.0. The Labute approximate surface area is 193 Å². The van der Waals surface area contributed by atoms with Gasteiger partial charge in [0.1, 0.15) is 10.6 Å². The Morgan fingerprint density at radius 1 is 1.16 bits per heavy atom. The number of amides is 1. The Kier molecular flexibility index (Phi) is 6.43. The normalized spacial score (nSPS) is 11.1. The van der Waals surface area contributed by atoms with Crippen LogP contribution >= 0.6 is 23.1 Å². The molecule has 0 aliphatic rings. The van der Waals surface area contributed by atoms with Crippen LogP contribution < -0.4 is 5.56 Å². The molecule has 0 aliphatic carbocycles. The average molecular weight is 468 g/mol. The van der Waals surface area contributed by atoms with E-state index >= 15 is 0 Å². The number of nitrogens with one attached hydrogen (secondary N) is 1. The van der Waals surface area contributed by atoms with Crippen molar-refractivity contribution in [1.29, 1.82) is 0 Å². The number of aromatic amines is 1. The minimum atomic E-state index is -0.325. The molecule has 2 heterocycles. The molecule has 0 saturated carbocycles. The lowest BCUT2D eigenvalue weighted by molar-refractivity contribution is -0.127. The van der Waals surface area contributed by atoms with Gasteiger partial charge >= 0.3 is 0 Å². The highest BCUT2D eigenvalue weighted by Crippen LogP contribution is 2.36. The van der Waals surface area contributed by atoms with Gasteiger partial charge in [0.05, 0.1) is 11.1 Å². The van der Waals surface area contributed by atoms with Crippen LogP contribution in [0.1, 0.15) is 16.0 Å². The molecular formula is C24H22FN3O2S2. The Hall–Kier alpha value is -2.97. The van der Waals surface area contributed by atoms with E-state index in [1.807, 2.05) is 38.1 Å². The molecule has 0 spiro atoms. The summed E-state index contributed by atoms with van der Waals surface area (Å²) < 4.78 is 13.3. The molecule has 0 saturated heterocycles. The number of hydrogen-bond acceptors (Lipinski definition) is 5. The fourth-order valence-electron chi connectivity index (χ4n) is 3.50. The molecule has 0 unspecified atom stereocenters. The zero-order chi connectivity index (χ0) is 22.8. The lowest BCUT2D eigenvalue weighted by atomic mass is 10.0. The fourth-order valence-corrected chi connectivity index (χ4v) is 5.41. The minimum absolute atomic E-state index is 0.0460. The molecule has 2 aromatic carbocycles. The van der Waals surface area contributed by atoms with E-state index in [0.29, 0.717) is 21.9 Å². The van der Waals surface area contributed by atoms with E-state index in [4.69, 9.17) is 0 Å². The van der Waals surface area contributed by atoms with Gasteiger partial charge < -0.3 is 9.88 Å². The van der Waals surface area contributed by atoms with Crippen molar-refractivity contribution in [1.82, 2.24) is 14.9 Å². The minimum Gasteiger partial charge on any atom is -0.341 e. The number of carbonyl (C=O) groups excluding carboxylic acids is 1. The van der Waals surface area contributed by atoms with Gasteiger partial charge in [-0.1, -0.05) is 48.2 Å². The van der Waals surface area contributed by atoms with E-state index in [1.54, 1.807) is 24.1 Å². The first kappa shape index (κ1) is 22.2. The molecule has 5 nitrogen and oxygen atoms in total. The van der Waals surface area contributed by atoms with Gasteiger partial charge in [0.15, 0.2) is 5.16 Å². The van der Waals surface area contributed by atoms with E-state index in [0.717, 1.165) is 27.1 Å². The number of rotatable bonds is 6. The van der Waals surface area contributed by atoms with E-state index in [1.165, 1.54) is 35.2 Å². The summed E-state index contributed by atoms with van der Waals surface area (Å²) in [5.41, 5.74) is 3.52. The standard InChI is InChI=1S/C24H22FN3O2S2/c1-14-6-4-5-7-17(14)12-28(3)19(29)13-31-24-26-22(30)21-20(15(2)32-23(21)27-24)16-8-10-18(25)11-9-16/h4-11H,12-13H2,1-3H3,(H,26,27,30). The monoisotopic (exact) mass is 467 g/mol. The van der Waals surface area contributed by atoms with Crippen LogP contribution in [-0.2, 0) is 11.3 Å². The number of hydrogen-bond donors (Lipinski definition) is 1. The molecule has 4 aromatic rings. The number of nitrogens with zero attached hydrogens (tertiary/aromatic N) is 2. The van der Waals surface area contributed by atoms with Crippen LogP contribution in [0.5, 0.6) is 0 Å². The van der Waals surface area contributed by atoms with Crippen LogP contribution in [0, 0.1) is 19.7 Å². The van der Waals surface area contributed by atoms with Crippen molar-refractivity contribution in [2.45, 2.75) is 25.5 Å². The Balaban J connectivity index is 1.52. The summed E-state index contributed by atoms with van der Waals surface area (Å²) in [5.74, 6) is -0.199. The molecule has 164 valence electrons. The molecule has 1 N–H and O–H groups in total. The summed E-state index contributed by atoms with van der Waals surface area (Å²) in [6.07, 6.45) is 0. The Morgan fingerprint density at radius 2 is 1.88 bits per heavy atom. The number of benzene rings is 2. The first-order valence-corrected chi connectivity index (χ1v) is 11.8. The number of aryl methyl sites for hydroxylation is 2. The SMILES string of the molecule is Cc1ccccc1CN(C)C(=O)CSc1nc2sc(C)c(-c3ccc(F)cc3)c2c(=O)[nH]1. The number of aromatic nitrogens is 2. The van der Waals surface area contributed by atoms with Gasteiger partial charge in [-0.3, -0.25) is 9.59 Å². The maximum absolute atomic E-state index is 13.3. The summed E-state index contributed by atoms with van der Waals surface area (Å²) in [5, 5.41) is 0.901. The van der Waals surface area contributed by atoms with Crippen LogP contribution in [0.4, 0.5) is 4.39 Å². The molecule has 0 bridgehead atoms. The quantitative estimate of drug-likeness (QED) is 0.314. The van der Waals surface area contributed by atoms with Gasteiger partial charge in [-0.15, -0.1) is 11.3 Å². The molecular weight excluding hydrogens is 445 g/mol. The van der Waals surface area contributed by atoms with Crippen molar-refractivity contribution >= 4 is 39.2 Å². The third kappa shape index (κ3) is 4.61. The number of thiophene rings is 1. The number of halogens is 1. The largest absolute Gasteiger partial charge is 0.341 e. The van der Waals surface area contributed by atoms with Crippen molar-refractivity contribution in [2.24, 2.45) is 0 Å². The summed E-state index contributed by atoms with van der Waals surface area (Å²) in [6.45, 7) is 4.47. The van der Waals surface area contributed by atoms with E-state index in [2.05, 4.69) is 9.97 Å². The second-order valence-corrected chi connectivity index (χ2v) is 9.72. The van der Waals surface area contributed by atoms with Crippen molar-refractivity contribution < 1.29 is 9.18 Å². The van der Waals surface area contributed by atoms with Crippen LogP contribution in [-0.4, -0.2) is 33.6 Å².